The second kappa shape index (κ2) is 14.8. The zero-order valence-electron chi connectivity index (χ0n) is 36.9. The molecule has 0 unspecified atom stereocenters. The molecule has 0 spiro atoms. The molecule has 70 heavy (non-hydrogen) atoms. The normalized spacial score (nSPS) is 12.4. The highest BCUT2D eigenvalue weighted by atomic mass is 19.4. The van der Waals surface area contributed by atoms with E-state index >= 15 is 22.0 Å². The van der Waals surface area contributed by atoms with E-state index in [9.17, 15) is 0 Å². The minimum absolute atomic E-state index is 0.0821. The van der Waals surface area contributed by atoms with Crippen LogP contribution in [-0.4, -0.2) is 18.3 Å². The Morgan fingerprint density at radius 2 is 0.614 bits per heavy atom. The number of para-hydroxylation sites is 6. The van der Waals surface area contributed by atoms with E-state index in [4.69, 9.17) is 0 Å². The quantitative estimate of drug-likeness (QED) is 0.153. The number of fused-ring (bicyclic) bond motifs is 12. The highest BCUT2D eigenvalue weighted by molar-refractivity contribution is 6.14. The van der Waals surface area contributed by atoms with Crippen LogP contribution < -0.4 is 0 Å². The van der Waals surface area contributed by atoms with Gasteiger partial charge in [-0.25, -0.2) is 8.78 Å². The highest BCUT2D eigenvalue weighted by Gasteiger charge is 2.37. The Morgan fingerprint density at radius 3 is 0.986 bits per heavy atom. The maximum Gasteiger partial charge on any atom is 0.418 e. The Hall–Kier alpha value is -8.95. The Bertz CT molecular complexity index is 4380. The molecule has 334 valence electrons. The van der Waals surface area contributed by atoms with Gasteiger partial charge in [0, 0.05) is 66.1 Å². The van der Waals surface area contributed by atoms with Crippen LogP contribution in [0.2, 0.25) is 0 Å². The van der Waals surface area contributed by atoms with Crippen molar-refractivity contribution < 1.29 is 22.0 Å². The number of benzene rings is 10. The summed E-state index contributed by atoms with van der Waals surface area (Å²) in [6.07, 6.45) is -4.90. The number of halogens is 5. The summed E-state index contributed by atoms with van der Waals surface area (Å²) >= 11 is 0. The molecule has 4 heterocycles. The molecule has 0 aliphatic carbocycles. The lowest BCUT2D eigenvalue weighted by Gasteiger charge is -2.22. The second-order valence-corrected chi connectivity index (χ2v) is 17.9. The fourth-order valence-corrected chi connectivity index (χ4v) is 11.2. The number of aromatic nitrogens is 4. The molecule has 10 aromatic carbocycles. The molecule has 0 N–H and O–H groups in total. The molecular formula is C61H35F5N4. The molecule has 0 radical (unpaired) electrons. The number of hydrogen-bond donors (Lipinski definition) is 0. The average Bonchev–Trinajstić information content (AvgIpc) is 4.10. The highest BCUT2D eigenvalue weighted by Crippen LogP contribution is 2.46. The molecular weight excluding hydrogens is 884 g/mol. The van der Waals surface area contributed by atoms with Crippen molar-refractivity contribution in [1.29, 1.82) is 0 Å². The van der Waals surface area contributed by atoms with E-state index < -0.39 is 23.4 Å². The van der Waals surface area contributed by atoms with Crippen molar-refractivity contribution in [1.82, 2.24) is 18.3 Å². The summed E-state index contributed by atoms with van der Waals surface area (Å²) < 4.78 is 88.1. The molecule has 0 amide bonds. The fourth-order valence-electron chi connectivity index (χ4n) is 11.2. The Labute approximate surface area is 395 Å². The van der Waals surface area contributed by atoms with Gasteiger partial charge in [-0.05, 0) is 90.5 Å². The van der Waals surface area contributed by atoms with Gasteiger partial charge in [0.05, 0.1) is 61.1 Å². The number of nitrogens with zero attached hydrogens (tertiary/aromatic N) is 4. The van der Waals surface area contributed by atoms with E-state index in [1.165, 1.54) is 18.2 Å². The third-order valence-electron chi connectivity index (χ3n) is 14.1. The molecule has 4 aromatic heterocycles. The van der Waals surface area contributed by atoms with Gasteiger partial charge in [-0.2, -0.15) is 13.2 Å². The molecule has 4 nitrogen and oxygen atoms in total. The fraction of sp³-hybridized carbons (Fsp3) is 0.0164. The van der Waals surface area contributed by atoms with Crippen molar-refractivity contribution in [2.24, 2.45) is 0 Å². The van der Waals surface area contributed by atoms with E-state index in [0.717, 1.165) is 88.7 Å². The summed E-state index contributed by atoms with van der Waals surface area (Å²) in [6, 6.07) is 65.1. The van der Waals surface area contributed by atoms with E-state index in [0.29, 0.717) is 22.1 Å². The van der Waals surface area contributed by atoms with Crippen LogP contribution in [-0.2, 0) is 6.18 Å². The first-order valence-electron chi connectivity index (χ1n) is 23.0. The summed E-state index contributed by atoms with van der Waals surface area (Å²) in [7, 11) is 0. The first-order valence-corrected chi connectivity index (χ1v) is 23.0. The molecule has 9 heteroatoms. The average molecular weight is 919 g/mol. The summed E-state index contributed by atoms with van der Waals surface area (Å²) in [5.74, 6) is -1.71. The topological polar surface area (TPSA) is 19.7 Å². The van der Waals surface area contributed by atoms with Crippen molar-refractivity contribution in [3.63, 3.8) is 0 Å². The van der Waals surface area contributed by atoms with E-state index in [-0.39, 0.29) is 22.5 Å². The van der Waals surface area contributed by atoms with Crippen LogP contribution in [0.15, 0.2) is 212 Å². The van der Waals surface area contributed by atoms with Crippen LogP contribution in [0.5, 0.6) is 0 Å². The molecule has 0 fully saturated rings. The molecule has 0 bridgehead atoms. The minimum Gasteiger partial charge on any atom is -0.309 e. The van der Waals surface area contributed by atoms with Gasteiger partial charge >= 0.3 is 6.18 Å². The third-order valence-corrected chi connectivity index (χ3v) is 14.1. The van der Waals surface area contributed by atoms with Crippen molar-refractivity contribution in [3.8, 4) is 33.9 Å². The molecule has 0 saturated carbocycles. The second-order valence-electron chi connectivity index (χ2n) is 17.9. The van der Waals surface area contributed by atoms with Crippen LogP contribution in [0.4, 0.5) is 22.0 Å². The van der Waals surface area contributed by atoms with Gasteiger partial charge in [0.15, 0.2) is 0 Å². The first-order chi connectivity index (χ1) is 34.2. The predicted molar refractivity (Wildman–Crippen MR) is 274 cm³/mol. The lowest BCUT2D eigenvalue weighted by Crippen LogP contribution is -2.13. The summed E-state index contributed by atoms with van der Waals surface area (Å²) in [5.41, 5.74) is 7.01. The Morgan fingerprint density at radius 1 is 0.286 bits per heavy atom. The van der Waals surface area contributed by atoms with Crippen LogP contribution in [0.3, 0.4) is 0 Å². The van der Waals surface area contributed by atoms with Crippen molar-refractivity contribution in [3.05, 3.63) is 230 Å². The third kappa shape index (κ3) is 5.81. The molecule has 0 aliphatic heterocycles. The van der Waals surface area contributed by atoms with E-state index in [2.05, 4.69) is 45.5 Å². The number of rotatable bonds is 5. The van der Waals surface area contributed by atoms with Crippen LogP contribution in [0.25, 0.3) is 121 Å². The lowest BCUT2D eigenvalue weighted by molar-refractivity contribution is -0.137. The van der Waals surface area contributed by atoms with Crippen LogP contribution >= 0.6 is 0 Å². The molecule has 0 saturated heterocycles. The van der Waals surface area contributed by atoms with Gasteiger partial charge in [0.25, 0.3) is 0 Å². The predicted octanol–water partition coefficient (Wildman–Crippen LogP) is 17.0. The summed E-state index contributed by atoms with van der Waals surface area (Å²) in [4.78, 5) is 0. The maximum atomic E-state index is 16.4. The molecule has 0 aliphatic rings. The van der Waals surface area contributed by atoms with Gasteiger partial charge in [0.1, 0.15) is 11.6 Å². The van der Waals surface area contributed by atoms with Gasteiger partial charge in [-0.3, -0.25) is 0 Å². The van der Waals surface area contributed by atoms with Gasteiger partial charge < -0.3 is 18.3 Å². The Kier molecular flexibility index (Phi) is 8.47. The standard InChI is InChI=1S/C61H35F5N4/c62-37-29-36(30-38(63)31-37)49-34-60(70-56-24-12-6-18-46(56)48-28-26-40(33-58(48)70)68-53-21-9-3-15-43(53)44-16-4-10-22-54(44)68)50(61(64,65)66)35-59(49)69-55-23-11-5-17-45(55)47-27-25-39(32-57(47)69)67-51-19-7-1-13-41(51)42-14-2-8-20-52(42)67/h1-35H. The van der Waals surface area contributed by atoms with Gasteiger partial charge in [-0.1, -0.05) is 121 Å². The summed E-state index contributed by atoms with van der Waals surface area (Å²) in [5, 5.41) is 7.33. The van der Waals surface area contributed by atoms with Crippen molar-refractivity contribution in [2.75, 3.05) is 0 Å². The van der Waals surface area contributed by atoms with E-state index in [1.807, 2.05) is 150 Å². The van der Waals surface area contributed by atoms with E-state index in [1.54, 1.807) is 4.57 Å². The minimum atomic E-state index is -4.90. The van der Waals surface area contributed by atoms with Crippen LogP contribution in [0, 0.1) is 11.6 Å². The SMILES string of the molecule is Fc1cc(F)cc(-c2cc(-n3c4ccccc4c4ccc(-n5c6ccccc6c6ccccc65)cc43)c(C(F)(F)F)cc2-n2c3ccccc3c3ccc(-n4c5ccccc5c5ccccc54)cc32)c1. The molecule has 0 atom stereocenters. The Balaban J connectivity index is 1.10. The van der Waals surface area contributed by atoms with Gasteiger partial charge in [0.2, 0.25) is 0 Å². The number of alkyl halides is 3. The zero-order valence-corrected chi connectivity index (χ0v) is 36.9. The molecule has 14 rings (SSSR count). The first kappa shape index (κ1) is 40.1. The number of hydrogen-bond acceptors (Lipinski definition) is 0. The van der Waals surface area contributed by atoms with Crippen molar-refractivity contribution in [2.45, 2.75) is 6.18 Å². The summed E-state index contributed by atoms with van der Waals surface area (Å²) in [6.45, 7) is 0. The lowest BCUT2D eigenvalue weighted by atomic mass is 9.98. The monoisotopic (exact) mass is 918 g/mol. The van der Waals surface area contributed by atoms with Crippen LogP contribution in [0.1, 0.15) is 5.56 Å². The van der Waals surface area contributed by atoms with Gasteiger partial charge in [-0.15, -0.1) is 0 Å². The largest absolute Gasteiger partial charge is 0.418 e. The molecule has 14 aromatic rings. The smallest absolute Gasteiger partial charge is 0.309 e. The van der Waals surface area contributed by atoms with Crippen molar-refractivity contribution >= 4 is 87.2 Å². The maximum absolute atomic E-state index is 16.4. The zero-order chi connectivity index (χ0) is 47.0.